The Kier molecular flexibility index (Phi) is 5.61. The number of anilines is 4. The molecule has 3 heterocycles. The van der Waals surface area contributed by atoms with Crippen molar-refractivity contribution in [1.29, 1.82) is 0 Å². The number of hydrogen-bond donors (Lipinski definition) is 3. The predicted molar refractivity (Wildman–Crippen MR) is 116 cm³/mol. The lowest BCUT2D eigenvalue weighted by molar-refractivity contribution is 0.00865. The molecule has 0 spiro atoms. The van der Waals surface area contributed by atoms with E-state index in [1.165, 1.54) is 0 Å². The molecule has 0 amide bonds. The Morgan fingerprint density at radius 3 is 2.65 bits per heavy atom. The number of hydrogen-bond acceptors (Lipinski definition) is 8. The molecule has 2 aliphatic rings. The summed E-state index contributed by atoms with van der Waals surface area (Å²) >= 11 is 6.44. The number of benzene rings is 2. The van der Waals surface area contributed by atoms with Gasteiger partial charge < -0.3 is 30.0 Å². The summed E-state index contributed by atoms with van der Waals surface area (Å²) in [6.45, 7) is 0.604. The van der Waals surface area contributed by atoms with E-state index in [0.717, 1.165) is 11.4 Å². The van der Waals surface area contributed by atoms with Crippen molar-refractivity contribution >= 4 is 34.7 Å². The van der Waals surface area contributed by atoms with Gasteiger partial charge in [-0.25, -0.2) is 4.98 Å². The first-order valence-electron chi connectivity index (χ1n) is 9.95. The number of rotatable bonds is 6. The largest absolute Gasteiger partial charge is 0.484 e. The molecule has 0 aliphatic carbocycles. The fourth-order valence-corrected chi connectivity index (χ4v) is 3.89. The molecule has 3 N–H and O–H groups in total. The summed E-state index contributed by atoms with van der Waals surface area (Å²) in [5, 5.41) is 16.7. The molecular weight excluding hydrogens is 420 g/mol. The number of nitrogens with zero attached hydrogens (tertiary/aromatic N) is 2. The van der Waals surface area contributed by atoms with E-state index >= 15 is 0 Å². The molecule has 2 aliphatic heterocycles. The monoisotopic (exact) mass is 440 g/mol. The quantitative estimate of drug-likeness (QED) is 0.535. The second-order valence-corrected chi connectivity index (χ2v) is 7.75. The first-order valence-corrected chi connectivity index (χ1v) is 10.3. The van der Waals surface area contributed by atoms with Crippen LogP contribution >= 0.6 is 11.6 Å². The summed E-state index contributed by atoms with van der Waals surface area (Å²) in [6.07, 6.45) is 0.106. The molecule has 2 saturated heterocycles. The van der Waals surface area contributed by atoms with Crippen molar-refractivity contribution in [3.05, 3.63) is 65.8 Å². The molecule has 31 heavy (non-hydrogen) atoms. The Balaban J connectivity index is 1.25. The van der Waals surface area contributed by atoms with Crippen LogP contribution in [-0.4, -0.2) is 52.7 Å². The van der Waals surface area contributed by atoms with Gasteiger partial charge in [0.1, 0.15) is 29.9 Å². The van der Waals surface area contributed by atoms with Crippen LogP contribution in [0.25, 0.3) is 0 Å². The zero-order valence-electron chi connectivity index (χ0n) is 16.4. The van der Waals surface area contributed by atoms with Crippen LogP contribution in [0.2, 0.25) is 5.02 Å². The minimum atomic E-state index is -0.616. The lowest BCUT2D eigenvalue weighted by Gasteiger charge is -2.19. The summed E-state index contributed by atoms with van der Waals surface area (Å²) in [4.78, 5) is 8.72. The van der Waals surface area contributed by atoms with E-state index in [1.54, 1.807) is 24.4 Å². The summed E-state index contributed by atoms with van der Waals surface area (Å²) < 4.78 is 17.2. The number of aliphatic hydroxyl groups excluding tert-OH is 1. The molecule has 4 atom stereocenters. The van der Waals surface area contributed by atoms with Gasteiger partial charge in [-0.2, -0.15) is 4.98 Å². The van der Waals surface area contributed by atoms with Crippen LogP contribution in [0.4, 0.5) is 23.1 Å². The van der Waals surface area contributed by atoms with Gasteiger partial charge >= 0.3 is 0 Å². The summed E-state index contributed by atoms with van der Waals surface area (Å²) in [7, 11) is 0. The zero-order valence-corrected chi connectivity index (χ0v) is 17.2. The van der Waals surface area contributed by atoms with Crippen molar-refractivity contribution in [3.8, 4) is 5.75 Å². The van der Waals surface area contributed by atoms with Crippen molar-refractivity contribution in [2.45, 2.75) is 24.4 Å². The van der Waals surface area contributed by atoms with Crippen LogP contribution in [0, 0.1) is 0 Å². The highest BCUT2D eigenvalue weighted by molar-refractivity contribution is 6.32. The molecule has 1 aromatic heterocycles. The average molecular weight is 441 g/mol. The highest BCUT2D eigenvalue weighted by Crippen LogP contribution is 2.34. The highest BCUT2D eigenvalue weighted by Gasteiger charge is 2.48. The fourth-order valence-electron chi connectivity index (χ4n) is 3.67. The lowest BCUT2D eigenvalue weighted by Crippen LogP contribution is -2.34. The van der Waals surface area contributed by atoms with E-state index < -0.39 is 6.10 Å². The normalized spacial score (nSPS) is 24.6. The number of ether oxygens (including phenoxy) is 3. The number of halogens is 1. The first-order chi connectivity index (χ1) is 15.2. The number of aromatic nitrogens is 2. The van der Waals surface area contributed by atoms with Gasteiger partial charge in [-0.1, -0.05) is 29.8 Å². The van der Waals surface area contributed by atoms with E-state index in [-0.39, 0.29) is 24.9 Å². The summed E-state index contributed by atoms with van der Waals surface area (Å²) in [6, 6.07) is 16.9. The molecule has 0 radical (unpaired) electrons. The van der Waals surface area contributed by atoms with Gasteiger partial charge in [0.15, 0.2) is 6.10 Å². The fraction of sp³-hybridized carbons (Fsp3) is 0.273. The van der Waals surface area contributed by atoms with Crippen LogP contribution in [0.5, 0.6) is 5.75 Å². The van der Waals surface area contributed by atoms with Crippen molar-refractivity contribution < 1.29 is 19.3 Å². The number of nitrogens with one attached hydrogen (secondary N) is 2. The lowest BCUT2D eigenvalue weighted by atomic mass is 10.1. The van der Waals surface area contributed by atoms with Crippen LogP contribution in [-0.2, 0) is 9.47 Å². The minimum Gasteiger partial charge on any atom is -0.484 e. The molecule has 2 aromatic carbocycles. The first kappa shape index (κ1) is 20.0. The van der Waals surface area contributed by atoms with E-state index in [9.17, 15) is 5.11 Å². The Labute approximate surface area is 184 Å². The third-order valence-electron chi connectivity index (χ3n) is 5.15. The van der Waals surface area contributed by atoms with Crippen molar-refractivity contribution in [3.63, 3.8) is 0 Å². The SMILES string of the molecule is O[C@H]1CO[C@H]2[C@@H]1OC[C@@H]2Oc1ccc(Nc2ccnc(Nc3ccccc3)n2)cc1Cl. The van der Waals surface area contributed by atoms with Crippen molar-refractivity contribution in [1.82, 2.24) is 9.97 Å². The van der Waals surface area contributed by atoms with Gasteiger partial charge in [0.25, 0.3) is 0 Å². The van der Waals surface area contributed by atoms with Gasteiger partial charge in [-0.05, 0) is 36.4 Å². The van der Waals surface area contributed by atoms with Crippen LogP contribution in [0.1, 0.15) is 0 Å². The Bertz CT molecular complexity index is 1050. The number of aliphatic hydroxyl groups is 1. The van der Waals surface area contributed by atoms with Gasteiger partial charge in [-0.15, -0.1) is 0 Å². The molecule has 0 bridgehead atoms. The molecule has 9 heteroatoms. The topological polar surface area (TPSA) is 97.8 Å². The van der Waals surface area contributed by atoms with E-state index in [1.807, 2.05) is 36.4 Å². The van der Waals surface area contributed by atoms with Gasteiger partial charge in [-0.3, -0.25) is 0 Å². The maximum Gasteiger partial charge on any atom is 0.229 e. The maximum absolute atomic E-state index is 9.86. The standard InChI is InChI=1S/C22H21ClN4O4/c23-15-10-14(6-7-17(15)31-18-12-30-20-16(28)11-29-21(18)20)25-19-8-9-24-22(27-19)26-13-4-2-1-3-5-13/h1-10,16,18,20-21,28H,11-12H2,(H2,24,25,26,27)/t16-,18-,20+,21+/m0/s1. The van der Waals surface area contributed by atoms with Crippen molar-refractivity contribution in [2.75, 3.05) is 23.8 Å². The maximum atomic E-state index is 9.86. The molecule has 2 fully saturated rings. The van der Waals surface area contributed by atoms with E-state index in [0.29, 0.717) is 29.1 Å². The smallest absolute Gasteiger partial charge is 0.229 e. The van der Waals surface area contributed by atoms with Crippen LogP contribution in [0.3, 0.4) is 0 Å². The average Bonchev–Trinajstić information content (AvgIpc) is 3.34. The van der Waals surface area contributed by atoms with Crippen LogP contribution < -0.4 is 15.4 Å². The molecule has 0 saturated carbocycles. The van der Waals surface area contributed by atoms with E-state index in [2.05, 4.69) is 20.6 Å². The molecule has 160 valence electrons. The third kappa shape index (κ3) is 4.42. The number of fused-ring (bicyclic) bond motifs is 1. The highest BCUT2D eigenvalue weighted by atomic mass is 35.5. The minimum absolute atomic E-state index is 0.256. The number of para-hydroxylation sites is 1. The van der Waals surface area contributed by atoms with Crippen LogP contribution in [0.15, 0.2) is 60.8 Å². The molecule has 8 nitrogen and oxygen atoms in total. The second kappa shape index (κ2) is 8.68. The predicted octanol–water partition coefficient (Wildman–Crippen LogP) is 3.52. The molecule has 3 aromatic rings. The third-order valence-corrected chi connectivity index (χ3v) is 5.45. The van der Waals surface area contributed by atoms with Crippen molar-refractivity contribution in [2.24, 2.45) is 0 Å². The second-order valence-electron chi connectivity index (χ2n) is 7.35. The molecular formula is C22H21ClN4O4. The Morgan fingerprint density at radius 1 is 0.968 bits per heavy atom. The summed E-state index contributed by atoms with van der Waals surface area (Å²) in [5.41, 5.74) is 1.66. The van der Waals surface area contributed by atoms with E-state index in [4.69, 9.17) is 25.8 Å². The Morgan fingerprint density at radius 2 is 1.81 bits per heavy atom. The van der Waals surface area contributed by atoms with Gasteiger partial charge in [0.2, 0.25) is 5.95 Å². The Hall–Kier alpha value is -2.91. The molecule has 5 rings (SSSR count). The van der Waals surface area contributed by atoms with Gasteiger partial charge in [0.05, 0.1) is 18.2 Å². The molecule has 0 unspecified atom stereocenters. The zero-order chi connectivity index (χ0) is 21.2. The van der Waals surface area contributed by atoms with Gasteiger partial charge in [0, 0.05) is 17.6 Å². The summed E-state index contributed by atoms with van der Waals surface area (Å²) in [5.74, 6) is 1.64.